The Morgan fingerprint density at radius 3 is 2.33 bits per heavy atom. The van der Waals surface area contributed by atoms with Crippen molar-refractivity contribution in [2.45, 2.75) is 53.9 Å². The summed E-state index contributed by atoms with van der Waals surface area (Å²) >= 11 is 0. The van der Waals surface area contributed by atoms with E-state index in [-0.39, 0.29) is 17.7 Å². The van der Waals surface area contributed by atoms with Gasteiger partial charge in [-0.3, -0.25) is 0 Å². The van der Waals surface area contributed by atoms with E-state index >= 15 is 0 Å². The molecule has 0 unspecified atom stereocenters. The number of hydrogen-bond acceptors (Lipinski definition) is 1. The highest BCUT2D eigenvalue weighted by atomic mass is 16.5. The minimum atomic E-state index is 0.0384. The summed E-state index contributed by atoms with van der Waals surface area (Å²) in [6.07, 6.45) is 4.41. The minimum absolute atomic E-state index is 0.0384. The molecule has 36 heavy (non-hydrogen) atoms. The van der Waals surface area contributed by atoms with Crippen molar-refractivity contribution < 1.29 is 4.74 Å². The molecule has 0 amide bonds. The summed E-state index contributed by atoms with van der Waals surface area (Å²) in [5.74, 6) is 1.90. The molecule has 0 radical (unpaired) electrons. The van der Waals surface area contributed by atoms with Crippen LogP contribution in [0.15, 0.2) is 66.7 Å². The predicted octanol–water partition coefficient (Wildman–Crippen LogP) is 7.77. The summed E-state index contributed by atoms with van der Waals surface area (Å²) in [5.41, 5.74) is 11.5. The van der Waals surface area contributed by atoms with E-state index in [9.17, 15) is 0 Å². The predicted molar refractivity (Wildman–Crippen MR) is 156 cm³/mol. The summed E-state index contributed by atoms with van der Waals surface area (Å²) in [7, 11) is 0. The minimum Gasteiger partial charge on any atom is -0.458 e. The van der Waals surface area contributed by atoms with Crippen molar-refractivity contribution >= 4 is 40.8 Å². The van der Waals surface area contributed by atoms with Gasteiger partial charge in [0.1, 0.15) is 11.5 Å². The van der Waals surface area contributed by atoms with Gasteiger partial charge in [-0.05, 0) is 52.6 Å². The molecule has 0 spiro atoms. The third-order valence-corrected chi connectivity index (χ3v) is 8.12. The molecule has 2 nitrogen and oxygen atoms in total. The van der Waals surface area contributed by atoms with E-state index in [2.05, 4.69) is 120 Å². The van der Waals surface area contributed by atoms with E-state index in [0.717, 1.165) is 11.5 Å². The first-order chi connectivity index (χ1) is 17.0. The van der Waals surface area contributed by atoms with E-state index in [0.29, 0.717) is 0 Å². The topological polar surface area (TPSA) is 14.2 Å². The van der Waals surface area contributed by atoms with Crippen LogP contribution in [0, 0.1) is 5.41 Å². The molecular formula is C33H34BNO. The number of aromatic nitrogens is 1. The number of benzene rings is 3. The Morgan fingerprint density at radius 2 is 1.64 bits per heavy atom. The van der Waals surface area contributed by atoms with Crippen molar-refractivity contribution in [2.75, 3.05) is 0 Å². The first-order valence-corrected chi connectivity index (χ1v) is 12.9. The smallest absolute Gasteiger partial charge is 0.336 e. The highest BCUT2D eigenvalue weighted by molar-refractivity contribution is 6.88. The average molecular weight is 471 g/mol. The Balaban J connectivity index is 1.73. The zero-order valence-corrected chi connectivity index (χ0v) is 22.5. The molecule has 6 rings (SSSR count). The molecule has 0 saturated carbocycles. The molecule has 2 aliphatic rings. The second kappa shape index (κ2) is 7.52. The van der Waals surface area contributed by atoms with Crippen molar-refractivity contribution in [2.24, 2.45) is 5.41 Å². The van der Waals surface area contributed by atoms with Gasteiger partial charge in [0, 0.05) is 33.2 Å². The molecule has 4 aromatic rings. The normalized spacial score (nSPS) is 14.4. The maximum atomic E-state index is 6.61. The molecule has 2 aliphatic heterocycles. The summed E-state index contributed by atoms with van der Waals surface area (Å²) < 4.78 is 9.13. The molecule has 3 heterocycles. The highest BCUT2D eigenvalue weighted by Gasteiger charge is 2.41. The average Bonchev–Trinajstić information content (AvgIpc) is 3.13. The fourth-order valence-corrected chi connectivity index (χ4v) is 5.69. The summed E-state index contributed by atoms with van der Waals surface area (Å²) in [5, 5.41) is 1.28. The van der Waals surface area contributed by atoms with Gasteiger partial charge in [0.25, 0.3) is 0 Å². The standard InChI is InChI=1S/C33H34BNO/c1-9-27-25(18-20(2)32(3,4)5)24-14-10-13-23-22-12-11-15-28-30(22)34(35(27)31(23)24)26-17-16-21(33(6,7)8)19-29(26)36-28/h9-19H,1H2,2-8H3/b20-18+. The first-order valence-electron chi connectivity index (χ1n) is 12.9. The van der Waals surface area contributed by atoms with E-state index in [4.69, 9.17) is 4.74 Å². The highest BCUT2D eigenvalue weighted by Crippen LogP contribution is 2.43. The van der Waals surface area contributed by atoms with Crippen LogP contribution in [0.4, 0.5) is 0 Å². The maximum absolute atomic E-state index is 6.61. The van der Waals surface area contributed by atoms with Crippen molar-refractivity contribution in [3.05, 3.63) is 83.6 Å². The molecule has 3 heteroatoms. The van der Waals surface area contributed by atoms with Gasteiger partial charge in [0.15, 0.2) is 0 Å². The number of rotatable bonds is 2. The number of para-hydroxylation sites is 1. The molecule has 0 aliphatic carbocycles. The number of ether oxygens (including phenoxy) is 1. The van der Waals surface area contributed by atoms with Gasteiger partial charge in [-0.2, -0.15) is 0 Å². The van der Waals surface area contributed by atoms with Crippen LogP contribution >= 0.6 is 0 Å². The van der Waals surface area contributed by atoms with Crippen molar-refractivity contribution in [3.8, 4) is 22.6 Å². The number of hydrogen-bond donors (Lipinski definition) is 0. The zero-order valence-electron chi connectivity index (χ0n) is 22.5. The van der Waals surface area contributed by atoms with Crippen LogP contribution in [0.2, 0.25) is 0 Å². The Labute approximate surface area is 215 Å². The van der Waals surface area contributed by atoms with Crippen molar-refractivity contribution in [3.63, 3.8) is 0 Å². The monoisotopic (exact) mass is 471 g/mol. The van der Waals surface area contributed by atoms with Gasteiger partial charge in [-0.1, -0.05) is 102 Å². The van der Waals surface area contributed by atoms with Crippen LogP contribution in [0.25, 0.3) is 34.2 Å². The lowest BCUT2D eigenvalue weighted by Crippen LogP contribution is -2.54. The van der Waals surface area contributed by atoms with Crippen molar-refractivity contribution in [1.29, 1.82) is 0 Å². The van der Waals surface area contributed by atoms with Crippen LogP contribution < -0.4 is 15.7 Å². The largest absolute Gasteiger partial charge is 0.458 e. The summed E-state index contributed by atoms with van der Waals surface area (Å²) in [6.45, 7) is 20.2. The third-order valence-electron chi connectivity index (χ3n) is 8.12. The molecule has 0 N–H and O–H groups in total. The van der Waals surface area contributed by atoms with Gasteiger partial charge in [-0.15, -0.1) is 0 Å². The van der Waals surface area contributed by atoms with E-state index < -0.39 is 0 Å². The van der Waals surface area contributed by atoms with Crippen LogP contribution in [0.5, 0.6) is 11.5 Å². The molecule has 0 saturated heterocycles. The van der Waals surface area contributed by atoms with E-state index in [1.807, 2.05) is 6.08 Å². The Bertz CT molecular complexity index is 1600. The van der Waals surface area contributed by atoms with Crippen LogP contribution in [-0.4, -0.2) is 11.3 Å². The molecule has 0 bridgehead atoms. The Kier molecular flexibility index (Phi) is 4.80. The van der Waals surface area contributed by atoms with Gasteiger partial charge in [0.2, 0.25) is 0 Å². The Morgan fingerprint density at radius 1 is 0.917 bits per heavy atom. The summed E-state index contributed by atoms with van der Waals surface area (Å²) in [6, 6.07) is 20.0. The van der Waals surface area contributed by atoms with Gasteiger partial charge < -0.3 is 9.21 Å². The third kappa shape index (κ3) is 3.18. The molecule has 180 valence electrons. The van der Waals surface area contributed by atoms with Crippen molar-refractivity contribution in [1.82, 2.24) is 4.48 Å². The van der Waals surface area contributed by atoms with Gasteiger partial charge in [-0.25, -0.2) is 0 Å². The Hall–Kier alpha value is -3.46. The van der Waals surface area contributed by atoms with E-state index in [1.165, 1.54) is 55.3 Å². The summed E-state index contributed by atoms with van der Waals surface area (Å²) in [4.78, 5) is 0. The van der Waals surface area contributed by atoms with E-state index in [1.54, 1.807) is 0 Å². The lowest BCUT2D eigenvalue weighted by Gasteiger charge is -2.34. The maximum Gasteiger partial charge on any atom is 0.336 e. The van der Waals surface area contributed by atoms with Crippen LogP contribution in [0.3, 0.4) is 0 Å². The lowest BCUT2D eigenvalue weighted by atomic mass is 9.46. The SMILES string of the molecule is C=Cc1c(/C=C(\C)C(C)(C)C)c2cccc3c2n1B1c2ccc(C(C)(C)C)cc2Oc2cccc-3c21. The molecule has 0 fully saturated rings. The fourth-order valence-electron chi connectivity index (χ4n) is 5.69. The van der Waals surface area contributed by atoms with Gasteiger partial charge >= 0.3 is 6.85 Å². The molecular weight excluding hydrogens is 437 g/mol. The second-order valence-electron chi connectivity index (χ2n) is 12.4. The molecule has 3 aromatic carbocycles. The number of nitrogens with zero attached hydrogens (tertiary/aromatic N) is 1. The number of fused-ring (bicyclic) bond motifs is 4. The lowest BCUT2D eigenvalue weighted by molar-refractivity contribution is 0.482. The molecule has 0 atom stereocenters. The van der Waals surface area contributed by atoms with Crippen LogP contribution in [-0.2, 0) is 5.41 Å². The fraction of sp³-hybridized carbons (Fsp3) is 0.273. The number of allylic oxidation sites excluding steroid dienone is 1. The van der Waals surface area contributed by atoms with Gasteiger partial charge in [0.05, 0.1) is 0 Å². The first kappa shape index (κ1) is 23.0. The van der Waals surface area contributed by atoms with Crippen LogP contribution in [0.1, 0.15) is 65.3 Å². The zero-order chi connectivity index (χ0) is 25.6. The molecule has 1 aromatic heterocycles. The quantitative estimate of drug-likeness (QED) is 0.235. The second-order valence-corrected chi connectivity index (χ2v) is 12.4.